The second-order valence-corrected chi connectivity index (χ2v) is 5.32. The molecule has 6 heteroatoms. The van der Waals surface area contributed by atoms with Crippen LogP contribution in [0.25, 0.3) is 0 Å². The molecule has 0 atom stereocenters. The maximum atomic E-state index is 12.1. The molecule has 0 fully saturated rings. The van der Waals surface area contributed by atoms with Crippen molar-refractivity contribution in [1.82, 2.24) is 15.3 Å². The standard InChI is InChI=1S/C19H18N4O2/c1-25-17-9-7-16(8-10-17)23-19-21-12-15(13-22-19)18(24)20-11-14-5-3-2-4-6-14/h2-10,12-13H,11H2,1H3,(H,20,24)(H,21,22,23). The average molecular weight is 334 g/mol. The van der Waals surface area contributed by atoms with Crippen LogP contribution >= 0.6 is 0 Å². The van der Waals surface area contributed by atoms with E-state index in [1.165, 1.54) is 12.4 Å². The number of hydrogen-bond donors (Lipinski definition) is 2. The van der Waals surface area contributed by atoms with Crippen molar-refractivity contribution < 1.29 is 9.53 Å². The minimum Gasteiger partial charge on any atom is -0.497 e. The van der Waals surface area contributed by atoms with E-state index in [0.717, 1.165) is 17.0 Å². The SMILES string of the molecule is COc1ccc(Nc2ncc(C(=O)NCc3ccccc3)cn2)cc1. The molecule has 6 nitrogen and oxygen atoms in total. The van der Waals surface area contributed by atoms with Gasteiger partial charge in [-0.2, -0.15) is 0 Å². The molecule has 1 heterocycles. The summed E-state index contributed by atoms with van der Waals surface area (Å²) < 4.78 is 5.11. The van der Waals surface area contributed by atoms with Crippen molar-refractivity contribution in [2.24, 2.45) is 0 Å². The molecule has 0 aliphatic heterocycles. The summed E-state index contributed by atoms with van der Waals surface area (Å²) >= 11 is 0. The fraction of sp³-hybridized carbons (Fsp3) is 0.105. The van der Waals surface area contributed by atoms with E-state index in [1.807, 2.05) is 54.6 Å². The van der Waals surface area contributed by atoms with Crippen LogP contribution in [0.1, 0.15) is 15.9 Å². The number of hydrogen-bond acceptors (Lipinski definition) is 5. The molecule has 0 aliphatic rings. The molecule has 2 N–H and O–H groups in total. The van der Waals surface area contributed by atoms with E-state index >= 15 is 0 Å². The van der Waals surface area contributed by atoms with Crippen LogP contribution in [-0.4, -0.2) is 23.0 Å². The molecule has 0 saturated heterocycles. The van der Waals surface area contributed by atoms with Gasteiger partial charge >= 0.3 is 0 Å². The molecule has 1 aromatic heterocycles. The maximum Gasteiger partial charge on any atom is 0.254 e. The highest BCUT2D eigenvalue weighted by Gasteiger charge is 2.07. The predicted molar refractivity (Wildman–Crippen MR) is 95.9 cm³/mol. The Kier molecular flexibility index (Phi) is 5.21. The fourth-order valence-corrected chi connectivity index (χ4v) is 2.19. The summed E-state index contributed by atoms with van der Waals surface area (Å²) in [6, 6.07) is 17.1. The Labute approximate surface area is 145 Å². The third-order valence-corrected chi connectivity index (χ3v) is 3.56. The van der Waals surface area contributed by atoms with Crippen LogP contribution in [0, 0.1) is 0 Å². The Morgan fingerprint density at radius 1 is 1.00 bits per heavy atom. The zero-order valence-corrected chi connectivity index (χ0v) is 13.8. The van der Waals surface area contributed by atoms with Crippen molar-refractivity contribution in [2.45, 2.75) is 6.54 Å². The van der Waals surface area contributed by atoms with Gasteiger partial charge in [-0.25, -0.2) is 9.97 Å². The number of anilines is 2. The number of carbonyl (C=O) groups excluding carboxylic acids is 1. The monoisotopic (exact) mass is 334 g/mol. The van der Waals surface area contributed by atoms with Crippen molar-refractivity contribution >= 4 is 17.5 Å². The lowest BCUT2D eigenvalue weighted by atomic mass is 10.2. The normalized spacial score (nSPS) is 10.1. The van der Waals surface area contributed by atoms with Crippen LogP contribution in [0.5, 0.6) is 5.75 Å². The van der Waals surface area contributed by atoms with E-state index in [1.54, 1.807) is 7.11 Å². The molecule has 0 radical (unpaired) electrons. The second-order valence-electron chi connectivity index (χ2n) is 5.32. The zero-order chi connectivity index (χ0) is 17.5. The Morgan fingerprint density at radius 3 is 2.32 bits per heavy atom. The second kappa shape index (κ2) is 7.92. The van der Waals surface area contributed by atoms with Crippen LogP contribution < -0.4 is 15.4 Å². The fourth-order valence-electron chi connectivity index (χ4n) is 2.19. The van der Waals surface area contributed by atoms with Gasteiger partial charge in [0.1, 0.15) is 5.75 Å². The predicted octanol–water partition coefficient (Wildman–Crippen LogP) is 3.16. The number of rotatable bonds is 6. The number of amides is 1. The first kappa shape index (κ1) is 16.4. The van der Waals surface area contributed by atoms with Crippen molar-refractivity contribution in [3.63, 3.8) is 0 Å². The summed E-state index contributed by atoms with van der Waals surface area (Å²) in [7, 11) is 1.62. The van der Waals surface area contributed by atoms with Crippen molar-refractivity contribution in [3.05, 3.63) is 78.1 Å². The van der Waals surface area contributed by atoms with Crippen molar-refractivity contribution in [3.8, 4) is 5.75 Å². The van der Waals surface area contributed by atoms with Crippen molar-refractivity contribution in [1.29, 1.82) is 0 Å². The lowest BCUT2D eigenvalue weighted by Crippen LogP contribution is -2.23. The van der Waals surface area contributed by atoms with E-state index in [2.05, 4.69) is 20.6 Å². The number of aromatic nitrogens is 2. The molecule has 0 unspecified atom stereocenters. The van der Waals surface area contributed by atoms with Crippen LogP contribution in [0.3, 0.4) is 0 Å². The summed E-state index contributed by atoms with van der Waals surface area (Å²) in [4.78, 5) is 20.5. The Balaban J connectivity index is 1.58. The number of ether oxygens (including phenoxy) is 1. The summed E-state index contributed by atoms with van der Waals surface area (Å²) in [5.41, 5.74) is 2.29. The van der Waals surface area contributed by atoms with E-state index in [-0.39, 0.29) is 5.91 Å². The smallest absolute Gasteiger partial charge is 0.254 e. The molecule has 25 heavy (non-hydrogen) atoms. The van der Waals surface area contributed by atoms with Gasteiger partial charge in [0.25, 0.3) is 5.91 Å². The van der Waals surface area contributed by atoms with Crippen LogP contribution in [0.4, 0.5) is 11.6 Å². The maximum absolute atomic E-state index is 12.1. The molecule has 3 aromatic rings. The summed E-state index contributed by atoms with van der Waals surface area (Å²) in [5.74, 6) is 0.988. The molecule has 0 bridgehead atoms. The van der Waals surface area contributed by atoms with Crippen LogP contribution in [0.15, 0.2) is 67.0 Å². The van der Waals surface area contributed by atoms with Gasteiger partial charge in [0, 0.05) is 24.6 Å². The highest BCUT2D eigenvalue weighted by Crippen LogP contribution is 2.17. The van der Waals surface area contributed by atoms with Crippen LogP contribution in [0.2, 0.25) is 0 Å². The molecule has 1 amide bonds. The third kappa shape index (κ3) is 4.54. The van der Waals surface area contributed by atoms with Gasteiger partial charge in [-0.3, -0.25) is 4.79 Å². The third-order valence-electron chi connectivity index (χ3n) is 3.56. The first-order chi connectivity index (χ1) is 12.2. The van der Waals surface area contributed by atoms with E-state index in [9.17, 15) is 4.79 Å². The van der Waals surface area contributed by atoms with Gasteiger partial charge in [-0.1, -0.05) is 30.3 Å². The zero-order valence-electron chi connectivity index (χ0n) is 13.8. The van der Waals surface area contributed by atoms with E-state index in [0.29, 0.717) is 18.1 Å². The van der Waals surface area contributed by atoms with Crippen LogP contribution in [-0.2, 0) is 6.54 Å². The van der Waals surface area contributed by atoms with Gasteiger partial charge in [0.15, 0.2) is 0 Å². The van der Waals surface area contributed by atoms with Gasteiger partial charge in [-0.05, 0) is 29.8 Å². The van der Waals surface area contributed by atoms with Gasteiger partial charge in [-0.15, -0.1) is 0 Å². The number of carbonyl (C=O) groups is 1. The largest absolute Gasteiger partial charge is 0.497 e. The lowest BCUT2D eigenvalue weighted by molar-refractivity contribution is 0.0950. The lowest BCUT2D eigenvalue weighted by Gasteiger charge is -2.07. The first-order valence-electron chi connectivity index (χ1n) is 7.80. The molecule has 3 rings (SSSR count). The highest BCUT2D eigenvalue weighted by molar-refractivity contribution is 5.93. The number of nitrogens with zero attached hydrogens (tertiary/aromatic N) is 2. The molecule has 0 spiro atoms. The molecule has 0 saturated carbocycles. The van der Waals surface area contributed by atoms with E-state index in [4.69, 9.17) is 4.74 Å². The molecule has 0 aliphatic carbocycles. The number of benzene rings is 2. The molecule has 2 aromatic carbocycles. The van der Waals surface area contributed by atoms with E-state index < -0.39 is 0 Å². The minimum absolute atomic E-state index is 0.208. The van der Waals surface area contributed by atoms with Gasteiger partial charge in [0.2, 0.25) is 5.95 Å². The number of methoxy groups -OCH3 is 1. The quantitative estimate of drug-likeness (QED) is 0.724. The van der Waals surface area contributed by atoms with Crippen molar-refractivity contribution in [2.75, 3.05) is 12.4 Å². The van der Waals surface area contributed by atoms with Gasteiger partial charge in [0.05, 0.1) is 12.7 Å². The molecule has 126 valence electrons. The first-order valence-corrected chi connectivity index (χ1v) is 7.80. The summed E-state index contributed by atoms with van der Waals surface area (Å²) in [6.07, 6.45) is 3.00. The van der Waals surface area contributed by atoms with Gasteiger partial charge < -0.3 is 15.4 Å². The summed E-state index contributed by atoms with van der Waals surface area (Å²) in [6.45, 7) is 0.464. The topological polar surface area (TPSA) is 76.1 Å². The minimum atomic E-state index is -0.208. The Morgan fingerprint density at radius 2 is 1.68 bits per heavy atom. The Bertz CT molecular complexity index is 818. The Hall–Kier alpha value is -3.41. The number of nitrogens with one attached hydrogen (secondary N) is 2. The summed E-state index contributed by atoms with van der Waals surface area (Å²) in [5, 5.41) is 5.91. The average Bonchev–Trinajstić information content (AvgIpc) is 2.68. The molecular weight excluding hydrogens is 316 g/mol. The highest BCUT2D eigenvalue weighted by atomic mass is 16.5. The molecular formula is C19H18N4O2.